The van der Waals surface area contributed by atoms with Crippen molar-refractivity contribution in [3.05, 3.63) is 34.6 Å². The van der Waals surface area contributed by atoms with E-state index in [0.29, 0.717) is 23.0 Å². The zero-order valence-corrected chi connectivity index (χ0v) is 9.04. The van der Waals surface area contributed by atoms with Crippen LogP contribution in [0.2, 0.25) is 5.02 Å². The zero-order valence-electron chi connectivity index (χ0n) is 8.29. The van der Waals surface area contributed by atoms with E-state index < -0.39 is 0 Å². The van der Waals surface area contributed by atoms with Crippen molar-refractivity contribution in [2.75, 3.05) is 19.7 Å². The Labute approximate surface area is 93.3 Å². The van der Waals surface area contributed by atoms with E-state index in [1.54, 1.807) is 12.1 Å². The fourth-order valence-electron chi connectivity index (χ4n) is 1.81. The standard InChI is InChI=1S/C11H13ClFNO/c12-10-2-1-9(11(13)3-10)6-14-4-8(5-14)7-15/h1-3,8,15H,4-7H2. The molecule has 0 atom stereocenters. The van der Waals surface area contributed by atoms with Crippen LogP contribution in [0.25, 0.3) is 0 Å². The molecule has 2 rings (SSSR count). The summed E-state index contributed by atoms with van der Waals surface area (Å²) in [7, 11) is 0. The van der Waals surface area contributed by atoms with Gasteiger partial charge in [-0.2, -0.15) is 0 Å². The maximum atomic E-state index is 13.4. The molecule has 0 spiro atoms. The van der Waals surface area contributed by atoms with Gasteiger partial charge in [-0.3, -0.25) is 4.90 Å². The third kappa shape index (κ3) is 2.48. The number of rotatable bonds is 3. The number of benzene rings is 1. The number of hydrogen-bond donors (Lipinski definition) is 1. The van der Waals surface area contributed by atoms with Gasteiger partial charge < -0.3 is 5.11 Å². The van der Waals surface area contributed by atoms with E-state index in [1.807, 2.05) is 0 Å². The summed E-state index contributed by atoms with van der Waals surface area (Å²) in [5, 5.41) is 9.27. The molecule has 1 aliphatic heterocycles. The lowest BCUT2D eigenvalue weighted by molar-refractivity contribution is 0.0471. The summed E-state index contributed by atoms with van der Waals surface area (Å²) in [5.74, 6) is 0.107. The molecule has 15 heavy (non-hydrogen) atoms. The molecule has 0 saturated carbocycles. The minimum absolute atomic E-state index is 0.222. The largest absolute Gasteiger partial charge is 0.396 e. The zero-order chi connectivity index (χ0) is 10.8. The Morgan fingerprint density at radius 1 is 1.47 bits per heavy atom. The van der Waals surface area contributed by atoms with Crippen molar-refractivity contribution in [1.29, 1.82) is 0 Å². The van der Waals surface area contributed by atoms with Crippen LogP contribution in [0.5, 0.6) is 0 Å². The van der Waals surface area contributed by atoms with Crippen LogP contribution in [0.1, 0.15) is 5.56 Å². The van der Waals surface area contributed by atoms with E-state index in [-0.39, 0.29) is 12.4 Å². The van der Waals surface area contributed by atoms with Crippen molar-refractivity contribution in [1.82, 2.24) is 4.90 Å². The first-order valence-corrected chi connectivity index (χ1v) is 5.34. The maximum absolute atomic E-state index is 13.4. The summed E-state index contributed by atoms with van der Waals surface area (Å²) < 4.78 is 13.4. The smallest absolute Gasteiger partial charge is 0.129 e. The normalized spacial score (nSPS) is 17.8. The van der Waals surface area contributed by atoms with Crippen LogP contribution in [-0.2, 0) is 6.54 Å². The summed E-state index contributed by atoms with van der Waals surface area (Å²) in [6.07, 6.45) is 0. The number of halogens is 2. The average molecular weight is 230 g/mol. The Kier molecular flexibility index (Phi) is 3.24. The predicted molar refractivity (Wildman–Crippen MR) is 57.3 cm³/mol. The monoisotopic (exact) mass is 229 g/mol. The summed E-state index contributed by atoms with van der Waals surface area (Å²) in [5.41, 5.74) is 0.663. The number of aliphatic hydroxyl groups excluding tert-OH is 1. The molecule has 1 aromatic carbocycles. The van der Waals surface area contributed by atoms with Gasteiger partial charge in [0.05, 0.1) is 0 Å². The van der Waals surface area contributed by atoms with Crippen LogP contribution < -0.4 is 0 Å². The molecule has 0 unspecified atom stereocenters. The van der Waals surface area contributed by atoms with E-state index in [1.165, 1.54) is 6.07 Å². The van der Waals surface area contributed by atoms with Crippen LogP contribution in [0, 0.1) is 11.7 Å². The van der Waals surface area contributed by atoms with E-state index in [4.69, 9.17) is 16.7 Å². The lowest BCUT2D eigenvalue weighted by Gasteiger charge is -2.38. The third-order valence-corrected chi connectivity index (χ3v) is 2.94. The molecule has 1 saturated heterocycles. The van der Waals surface area contributed by atoms with Gasteiger partial charge in [0.2, 0.25) is 0 Å². The summed E-state index contributed by atoms with van der Waals surface area (Å²) in [6, 6.07) is 4.74. The minimum atomic E-state index is -0.255. The maximum Gasteiger partial charge on any atom is 0.129 e. The summed E-state index contributed by atoms with van der Waals surface area (Å²) >= 11 is 5.66. The van der Waals surface area contributed by atoms with Gasteiger partial charge >= 0.3 is 0 Å². The van der Waals surface area contributed by atoms with Gasteiger partial charge in [-0.05, 0) is 12.1 Å². The topological polar surface area (TPSA) is 23.5 Å². The Hall–Kier alpha value is -0.640. The van der Waals surface area contributed by atoms with Gasteiger partial charge in [0, 0.05) is 42.7 Å². The van der Waals surface area contributed by atoms with Gasteiger partial charge in [0.15, 0.2) is 0 Å². The van der Waals surface area contributed by atoms with Crippen molar-refractivity contribution < 1.29 is 9.50 Å². The highest BCUT2D eigenvalue weighted by molar-refractivity contribution is 6.30. The van der Waals surface area contributed by atoms with Crippen molar-refractivity contribution in [3.8, 4) is 0 Å². The molecule has 4 heteroatoms. The highest BCUT2D eigenvalue weighted by Crippen LogP contribution is 2.21. The van der Waals surface area contributed by atoms with Crippen molar-refractivity contribution in [2.24, 2.45) is 5.92 Å². The molecule has 0 amide bonds. The average Bonchev–Trinajstić information content (AvgIpc) is 2.13. The second-order valence-corrected chi connectivity index (χ2v) is 4.41. The third-order valence-electron chi connectivity index (χ3n) is 2.70. The molecule has 2 nitrogen and oxygen atoms in total. The molecule has 1 fully saturated rings. The summed E-state index contributed by atoms with van der Waals surface area (Å²) in [6.45, 7) is 2.51. The molecule has 1 N–H and O–H groups in total. The van der Waals surface area contributed by atoms with Gasteiger partial charge in [0.1, 0.15) is 5.82 Å². The molecular weight excluding hydrogens is 217 g/mol. The molecule has 0 aromatic heterocycles. The van der Waals surface area contributed by atoms with Crippen LogP contribution in [-0.4, -0.2) is 29.7 Å². The quantitative estimate of drug-likeness (QED) is 0.856. The molecule has 82 valence electrons. The van der Waals surface area contributed by atoms with E-state index in [2.05, 4.69) is 4.90 Å². The molecule has 0 radical (unpaired) electrons. The second kappa shape index (κ2) is 4.47. The minimum Gasteiger partial charge on any atom is -0.396 e. The first-order valence-electron chi connectivity index (χ1n) is 4.96. The molecule has 1 heterocycles. The Morgan fingerprint density at radius 2 is 2.20 bits per heavy atom. The second-order valence-electron chi connectivity index (χ2n) is 3.98. The Bertz CT molecular complexity index is 352. The van der Waals surface area contributed by atoms with Gasteiger partial charge in [0.25, 0.3) is 0 Å². The van der Waals surface area contributed by atoms with E-state index in [9.17, 15) is 4.39 Å². The SMILES string of the molecule is OCC1CN(Cc2ccc(Cl)cc2F)C1. The van der Waals surface area contributed by atoms with Gasteiger partial charge in [-0.1, -0.05) is 17.7 Å². The van der Waals surface area contributed by atoms with Crippen molar-refractivity contribution in [2.45, 2.75) is 6.54 Å². The van der Waals surface area contributed by atoms with Gasteiger partial charge in [-0.15, -0.1) is 0 Å². The fraction of sp³-hybridized carbons (Fsp3) is 0.455. The van der Waals surface area contributed by atoms with E-state index in [0.717, 1.165) is 13.1 Å². The number of hydrogen-bond acceptors (Lipinski definition) is 2. The van der Waals surface area contributed by atoms with Crippen LogP contribution in [0.4, 0.5) is 4.39 Å². The van der Waals surface area contributed by atoms with E-state index >= 15 is 0 Å². The number of nitrogens with zero attached hydrogens (tertiary/aromatic N) is 1. The highest BCUT2D eigenvalue weighted by Gasteiger charge is 2.26. The molecule has 0 aliphatic carbocycles. The first kappa shape index (κ1) is 10.9. The number of aliphatic hydroxyl groups is 1. The van der Waals surface area contributed by atoms with Gasteiger partial charge in [-0.25, -0.2) is 4.39 Å². The van der Waals surface area contributed by atoms with Crippen molar-refractivity contribution in [3.63, 3.8) is 0 Å². The predicted octanol–water partition coefficient (Wildman–Crippen LogP) is 1.90. The fourth-order valence-corrected chi connectivity index (χ4v) is 1.97. The molecule has 1 aromatic rings. The number of likely N-dealkylation sites (tertiary alicyclic amines) is 1. The van der Waals surface area contributed by atoms with Crippen LogP contribution in [0.15, 0.2) is 18.2 Å². The summed E-state index contributed by atoms with van der Waals surface area (Å²) in [4.78, 5) is 2.10. The lowest BCUT2D eigenvalue weighted by Crippen LogP contribution is -2.47. The lowest BCUT2D eigenvalue weighted by atomic mass is 10.0. The van der Waals surface area contributed by atoms with Crippen LogP contribution in [0.3, 0.4) is 0 Å². The molecule has 1 aliphatic rings. The Morgan fingerprint density at radius 3 is 2.80 bits per heavy atom. The highest BCUT2D eigenvalue weighted by atomic mass is 35.5. The van der Waals surface area contributed by atoms with Crippen molar-refractivity contribution >= 4 is 11.6 Å². The Balaban J connectivity index is 1.94. The first-order chi connectivity index (χ1) is 7.19. The molecular formula is C11H13ClFNO. The van der Waals surface area contributed by atoms with Crippen LogP contribution >= 0.6 is 11.6 Å². The molecule has 0 bridgehead atoms.